The molecule has 1 aromatic heterocycles. The van der Waals surface area contributed by atoms with E-state index in [1.54, 1.807) is 32.2 Å². The van der Waals surface area contributed by atoms with E-state index in [4.69, 9.17) is 4.55 Å². The molecule has 0 saturated carbocycles. The molecule has 3 aromatic rings. The van der Waals surface area contributed by atoms with Crippen molar-refractivity contribution in [2.24, 2.45) is 0 Å². The summed E-state index contributed by atoms with van der Waals surface area (Å²) in [6.45, 7) is 5.38. The first-order chi connectivity index (χ1) is 12.2. The van der Waals surface area contributed by atoms with Gasteiger partial charge in [-0.3, -0.25) is 9.54 Å². The summed E-state index contributed by atoms with van der Waals surface area (Å²) in [6.07, 6.45) is 1.69. The van der Waals surface area contributed by atoms with Crippen LogP contribution in [0.3, 0.4) is 0 Å². The van der Waals surface area contributed by atoms with E-state index in [1.165, 1.54) is 12.1 Å². The van der Waals surface area contributed by atoms with Crippen LogP contribution in [-0.4, -0.2) is 18.0 Å². The summed E-state index contributed by atoms with van der Waals surface area (Å²) >= 11 is 0. The van der Waals surface area contributed by atoms with Gasteiger partial charge in [-0.15, -0.1) is 0 Å². The highest BCUT2D eigenvalue weighted by Gasteiger charge is 2.20. The molecule has 0 saturated heterocycles. The van der Waals surface area contributed by atoms with Crippen molar-refractivity contribution >= 4 is 21.3 Å². The third-order valence-electron chi connectivity index (χ3n) is 4.16. The van der Waals surface area contributed by atoms with Gasteiger partial charge in [0.15, 0.2) is 5.75 Å². The van der Waals surface area contributed by atoms with Gasteiger partial charge in [-0.05, 0) is 53.8 Å². The van der Waals surface area contributed by atoms with Crippen LogP contribution in [0.25, 0.3) is 22.0 Å². The van der Waals surface area contributed by atoms with Crippen LogP contribution in [0.15, 0.2) is 42.6 Å². The molecular formula is C19H18FNO4S. The third-order valence-corrected chi connectivity index (χ3v) is 4.55. The van der Waals surface area contributed by atoms with Crippen molar-refractivity contribution < 1.29 is 21.5 Å². The second-order valence-electron chi connectivity index (χ2n) is 6.40. The zero-order valence-corrected chi connectivity index (χ0v) is 15.3. The first-order valence-electron chi connectivity index (χ1n) is 8.02. The molecule has 2 aromatic carbocycles. The van der Waals surface area contributed by atoms with Gasteiger partial charge in [-0.1, -0.05) is 26.0 Å². The Hall–Kier alpha value is -2.51. The van der Waals surface area contributed by atoms with E-state index in [1.807, 2.05) is 19.1 Å². The van der Waals surface area contributed by atoms with Crippen LogP contribution in [0.5, 0.6) is 5.75 Å². The molecule has 0 aliphatic rings. The van der Waals surface area contributed by atoms with E-state index in [2.05, 4.69) is 9.17 Å². The van der Waals surface area contributed by atoms with Crippen molar-refractivity contribution in [1.82, 2.24) is 4.98 Å². The first-order valence-corrected chi connectivity index (χ1v) is 9.38. The lowest BCUT2D eigenvalue weighted by molar-refractivity contribution is 0.383. The molecule has 26 heavy (non-hydrogen) atoms. The minimum Gasteiger partial charge on any atom is -0.361 e. The van der Waals surface area contributed by atoms with Gasteiger partial charge in [0.05, 0.1) is 5.52 Å². The van der Waals surface area contributed by atoms with E-state index < -0.39 is 16.2 Å². The van der Waals surface area contributed by atoms with Crippen LogP contribution in [0.2, 0.25) is 0 Å². The highest BCUT2D eigenvalue weighted by atomic mass is 32.3. The molecule has 0 radical (unpaired) electrons. The highest BCUT2D eigenvalue weighted by Crippen LogP contribution is 2.35. The summed E-state index contributed by atoms with van der Waals surface area (Å²) in [5.41, 5.74) is 2.98. The molecular weight excluding hydrogens is 357 g/mol. The Balaban J connectivity index is 2.19. The Morgan fingerprint density at radius 1 is 1.12 bits per heavy atom. The van der Waals surface area contributed by atoms with Gasteiger partial charge in [0.2, 0.25) is 0 Å². The number of nitrogens with zero attached hydrogens (tertiary/aromatic N) is 1. The second kappa shape index (κ2) is 6.66. The number of pyridine rings is 1. The van der Waals surface area contributed by atoms with Crippen molar-refractivity contribution in [3.8, 4) is 16.9 Å². The highest BCUT2D eigenvalue weighted by molar-refractivity contribution is 7.81. The first kappa shape index (κ1) is 18.3. The molecule has 0 amide bonds. The Bertz CT molecular complexity index is 1090. The van der Waals surface area contributed by atoms with Gasteiger partial charge in [0.1, 0.15) is 5.82 Å². The standard InChI is InChI=1S/C19H18FNO4S/c1-11(2)19-16(20)8-14(10-18(19)25-26(22,23)24)13-4-5-15-12(3)6-7-21-17(15)9-13/h4-11H,1-3H3,(H,22,23,24). The van der Waals surface area contributed by atoms with Crippen LogP contribution < -0.4 is 4.18 Å². The lowest BCUT2D eigenvalue weighted by atomic mass is 9.96. The number of hydrogen-bond acceptors (Lipinski definition) is 4. The smallest absolute Gasteiger partial charge is 0.361 e. The average Bonchev–Trinajstić information content (AvgIpc) is 2.52. The molecule has 0 unspecified atom stereocenters. The summed E-state index contributed by atoms with van der Waals surface area (Å²) in [5, 5.41) is 0.977. The van der Waals surface area contributed by atoms with Crippen LogP contribution >= 0.6 is 0 Å². The van der Waals surface area contributed by atoms with Crippen molar-refractivity contribution in [3.63, 3.8) is 0 Å². The van der Waals surface area contributed by atoms with E-state index in [0.717, 1.165) is 16.5 Å². The Kier molecular flexibility index (Phi) is 4.68. The summed E-state index contributed by atoms with van der Waals surface area (Å²) in [4.78, 5) is 4.32. The molecule has 136 valence electrons. The summed E-state index contributed by atoms with van der Waals surface area (Å²) in [5.74, 6) is -1.16. The fourth-order valence-corrected chi connectivity index (χ4v) is 3.34. The molecule has 0 spiro atoms. The Morgan fingerprint density at radius 3 is 2.50 bits per heavy atom. The lowest BCUT2D eigenvalue weighted by Crippen LogP contribution is -2.10. The van der Waals surface area contributed by atoms with E-state index in [9.17, 15) is 12.8 Å². The molecule has 0 fully saturated rings. The van der Waals surface area contributed by atoms with Gasteiger partial charge < -0.3 is 4.18 Å². The maximum Gasteiger partial charge on any atom is 0.446 e. The van der Waals surface area contributed by atoms with Gasteiger partial charge in [-0.25, -0.2) is 4.39 Å². The number of aromatic nitrogens is 1. The quantitative estimate of drug-likeness (QED) is 0.672. The minimum atomic E-state index is -4.77. The van der Waals surface area contributed by atoms with Gasteiger partial charge in [0, 0.05) is 17.1 Å². The third kappa shape index (κ3) is 3.68. The zero-order chi connectivity index (χ0) is 19.1. The number of benzene rings is 2. The number of halogens is 1. The molecule has 0 bridgehead atoms. The summed E-state index contributed by atoms with van der Waals surface area (Å²) in [7, 11) is -4.77. The van der Waals surface area contributed by atoms with Crippen LogP contribution in [0.4, 0.5) is 4.39 Å². The van der Waals surface area contributed by atoms with Crippen LogP contribution in [0, 0.1) is 12.7 Å². The minimum absolute atomic E-state index is 0.0844. The van der Waals surface area contributed by atoms with Crippen molar-refractivity contribution in [3.05, 3.63) is 59.5 Å². The Labute approximate surface area is 151 Å². The van der Waals surface area contributed by atoms with Crippen molar-refractivity contribution in [2.45, 2.75) is 26.7 Å². The largest absolute Gasteiger partial charge is 0.446 e. The maximum absolute atomic E-state index is 14.6. The monoisotopic (exact) mass is 375 g/mol. The van der Waals surface area contributed by atoms with E-state index in [-0.39, 0.29) is 17.2 Å². The molecule has 5 nitrogen and oxygen atoms in total. The van der Waals surface area contributed by atoms with E-state index in [0.29, 0.717) is 11.1 Å². The maximum atomic E-state index is 14.6. The zero-order valence-electron chi connectivity index (χ0n) is 14.5. The van der Waals surface area contributed by atoms with Crippen molar-refractivity contribution in [2.75, 3.05) is 0 Å². The van der Waals surface area contributed by atoms with Crippen molar-refractivity contribution in [1.29, 1.82) is 0 Å². The van der Waals surface area contributed by atoms with Gasteiger partial charge in [-0.2, -0.15) is 8.42 Å². The molecule has 3 rings (SSSR count). The fourth-order valence-electron chi connectivity index (χ4n) is 2.97. The predicted molar refractivity (Wildman–Crippen MR) is 98.1 cm³/mol. The number of fused-ring (bicyclic) bond motifs is 1. The van der Waals surface area contributed by atoms with Crippen LogP contribution in [0.1, 0.15) is 30.9 Å². The molecule has 0 atom stereocenters. The van der Waals surface area contributed by atoms with Gasteiger partial charge in [0.25, 0.3) is 0 Å². The Morgan fingerprint density at radius 2 is 1.85 bits per heavy atom. The average molecular weight is 375 g/mol. The SMILES string of the molecule is Cc1ccnc2cc(-c3cc(F)c(C(C)C)c(OS(=O)(=O)O)c3)ccc12. The molecule has 1 N–H and O–H groups in total. The number of rotatable bonds is 4. The lowest BCUT2D eigenvalue weighted by Gasteiger charge is -2.15. The predicted octanol–water partition coefficient (Wildman–Crippen LogP) is 4.65. The molecule has 7 heteroatoms. The molecule has 0 aliphatic carbocycles. The number of hydrogen-bond donors (Lipinski definition) is 1. The van der Waals surface area contributed by atoms with E-state index >= 15 is 0 Å². The summed E-state index contributed by atoms with van der Waals surface area (Å²) in [6, 6.07) is 10.1. The normalized spacial score (nSPS) is 11.9. The van der Waals surface area contributed by atoms with Gasteiger partial charge >= 0.3 is 10.4 Å². The second-order valence-corrected chi connectivity index (χ2v) is 7.42. The van der Waals surface area contributed by atoms with Crippen LogP contribution in [-0.2, 0) is 10.4 Å². The fraction of sp³-hybridized carbons (Fsp3) is 0.211. The summed E-state index contributed by atoms with van der Waals surface area (Å²) < 4.78 is 50.6. The number of aryl methyl sites for hydroxylation is 1. The molecule has 0 aliphatic heterocycles. The topological polar surface area (TPSA) is 76.5 Å². The molecule has 1 heterocycles.